The molecule has 4 nitrogen and oxygen atoms in total. The Morgan fingerprint density at radius 3 is 3.07 bits per heavy atom. The van der Waals surface area contributed by atoms with Gasteiger partial charge in [0.05, 0.1) is 7.11 Å². The predicted octanol–water partition coefficient (Wildman–Crippen LogP) is 1.16. The molecule has 0 aliphatic rings. The van der Waals surface area contributed by atoms with Crippen molar-refractivity contribution >= 4 is 5.91 Å². The van der Waals surface area contributed by atoms with E-state index in [1.54, 1.807) is 13.3 Å². The number of ether oxygens (including phenoxy) is 1. The molecule has 1 heterocycles. The summed E-state index contributed by atoms with van der Waals surface area (Å²) in [4.78, 5) is 15.0. The van der Waals surface area contributed by atoms with E-state index in [9.17, 15) is 4.79 Å². The molecule has 0 radical (unpaired) electrons. The third kappa shape index (κ3) is 3.97. The monoisotopic (exact) mass is 208 g/mol. The largest absolute Gasteiger partial charge is 0.481 e. The Bertz CT molecular complexity index is 326. The van der Waals surface area contributed by atoms with Crippen LogP contribution in [0.1, 0.15) is 18.9 Å². The predicted molar refractivity (Wildman–Crippen MR) is 57.8 cm³/mol. The molecular weight excluding hydrogens is 192 g/mol. The van der Waals surface area contributed by atoms with Crippen molar-refractivity contribution in [2.45, 2.75) is 19.8 Å². The second-order valence-electron chi connectivity index (χ2n) is 3.16. The van der Waals surface area contributed by atoms with Gasteiger partial charge in [0, 0.05) is 25.2 Å². The van der Waals surface area contributed by atoms with Crippen LogP contribution in [0.5, 0.6) is 5.88 Å². The fourth-order valence-corrected chi connectivity index (χ4v) is 1.19. The number of hydrogen-bond donors (Lipinski definition) is 1. The molecule has 0 aromatic carbocycles. The summed E-state index contributed by atoms with van der Waals surface area (Å²) in [5.41, 5.74) is 1.11. The van der Waals surface area contributed by atoms with Crippen LogP contribution in [0.25, 0.3) is 0 Å². The van der Waals surface area contributed by atoms with Crippen LogP contribution < -0.4 is 10.1 Å². The number of carbonyl (C=O) groups excluding carboxylic acids is 1. The highest BCUT2D eigenvalue weighted by atomic mass is 16.5. The molecule has 0 saturated carbocycles. The van der Waals surface area contributed by atoms with Gasteiger partial charge in [-0.15, -0.1) is 0 Å². The zero-order chi connectivity index (χ0) is 11.1. The number of methoxy groups -OCH3 is 1. The molecule has 0 fully saturated rings. The lowest BCUT2D eigenvalue weighted by Gasteiger charge is -2.04. The molecule has 82 valence electrons. The van der Waals surface area contributed by atoms with Gasteiger partial charge in [0.2, 0.25) is 11.8 Å². The summed E-state index contributed by atoms with van der Waals surface area (Å²) in [6.45, 7) is 2.49. The van der Waals surface area contributed by atoms with E-state index in [1.165, 1.54) is 0 Å². The quantitative estimate of drug-likeness (QED) is 0.790. The molecule has 1 amide bonds. The molecule has 1 aromatic rings. The van der Waals surface area contributed by atoms with Crippen molar-refractivity contribution in [2.75, 3.05) is 13.7 Å². The van der Waals surface area contributed by atoms with Crippen molar-refractivity contribution in [2.24, 2.45) is 0 Å². The molecule has 0 aliphatic heterocycles. The van der Waals surface area contributed by atoms with Gasteiger partial charge >= 0.3 is 0 Å². The maximum Gasteiger partial charge on any atom is 0.219 e. The minimum atomic E-state index is 0.0796. The van der Waals surface area contributed by atoms with E-state index in [0.717, 1.165) is 12.0 Å². The second kappa shape index (κ2) is 6.01. The number of aromatic nitrogens is 1. The first kappa shape index (κ1) is 11.5. The maximum absolute atomic E-state index is 11.0. The van der Waals surface area contributed by atoms with Gasteiger partial charge in [-0.05, 0) is 18.1 Å². The molecule has 0 atom stereocenters. The zero-order valence-corrected chi connectivity index (χ0v) is 9.12. The normalized spacial score (nSPS) is 9.73. The van der Waals surface area contributed by atoms with Crippen LogP contribution in [-0.2, 0) is 11.2 Å². The van der Waals surface area contributed by atoms with E-state index in [-0.39, 0.29) is 5.91 Å². The smallest absolute Gasteiger partial charge is 0.219 e. The minimum Gasteiger partial charge on any atom is -0.481 e. The number of hydrogen-bond acceptors (Lipinski definition) is 3. The Morgan fingerprint density at radius 2 is 2.40 bits per heavy atom. The summed E-state index contributed by atoms with van der Waals surface area (Å²) < 4.78 is 5.00. The first-order valence-corrected chi connectivity index (χ1v) is 5.02. The molecular formula is C11H16N2O2. The van der Waals surface area contributed by atoms with Gasteiger partial charge in [0.25, 0.3) is 0 Å². The van der Waals surface area contributed by atoms with Crippen LogP contribution in [0.3, 0.4) is 0 Å². The van der Waals surface area contributed by atoms with Gasteiger partial charge in [0.15, 0.2) is 0 Å². The molecule has 0 spiro atoms. The average Bonchev–Trinajstić information content (AvgIpc) is 2.29. The van der Waals surface area contributed by atoms with Gasteiger partial charge in [-0.2, -0.15) is 0 Å². The van der Waals surface area contributed by atoms with Crippen molar-refractivity contribution < 1.29 is 9.53 Å². The molecule has 1 N–H and O–H groups in total. The molecule has 15 heavy (non-hydrogen) atoms. The molecule has 1 aromatic heterocycles. The lowest BCUT2D eigenvalue weighted by Crippen LogP contribution is -2.24. The SMILES string of the molecule is CCC(=O)NCCc1ccnc(OC)c1. The summed E-state index contributed by atoms with van der Waals surface area (Å²) in [5, 5.41) is 2.82. The highest BCUT2D eigenvalue weighted by molar-refractivity contribution is 5.75. The Morgan fingerprint density at radius 1 is 1.60 bits per heavy atom. The zero-order valence-electron chi connectivity index (χ0n) is 9.12. The molecule has 0 aliphatic carbocycles. The highest BCUT2D eigenvalue weighted by Crippen LogP contribution is 2.08. The Labute approximate surface area is 89.7 Å². The fraction of sp³-hybridized carbons (Fsp3) is 0.455. The summed E-state index contributed by atoms with van der Waals surface area (Å²) in [5.74, 6) is 0.685. The standard InChI is InChI=1S/C11H16N2O2/c1-3-10(14)12-6-4-9-5-7-13-11(8-9)15-2/h5,7-8H,3-4,6H2,1-2H3,(H,12,14). The Balaban J connectivity index is 2.40. The number of carbonyl (C=O) groups is 1. The van der Waals surface area contributed by atoms with Crippen LogP contribution >= 0.6 is 0 Å². The van der Waals surface area contributed by atoms with Gasteiger partial charge in [0.1, 0.15) is 0 Å². The van der Waals surface area contributed by atoms with E-state index in [1.807, 2.05) is 19.1 Å². The van der Waals surface area contributed by atoms with E-state index in [4.69, 9.17) is 4.74 Å². The molecule has 4 heteroatoms. The molecule has 1 rings (SSSR count). The van der Waals surface area contributed by atoms with Crippen molar-refractivity contribution in [3.05, 3.63) is 23.9 Å². The van der Waals surface area contributed by atoms with E-state index < -0.39 is 0 Å². The lowest BCUT2D eigenvalue weighted by atomic mass is 10.2. The van der Waals surface area contributed by atoms with Crippen molar-refractivity contribution in [3.63, 3.8) is 0 Å². The van der Waals surface area contributed by atoms with Gasteiger partial charge in [-0.25, -0.2) is 4.98 Å². The van der Waals surface area contributed by atoms with E-state index >= 15 is 0 Å². The number of rotatable bonds is 5. The van der Waals surface area contributed by atoms with Crippen LogP contribution in [0, 0.1) is 0 Å². The lowest BCUT2D eigenvalue weighted by molar-refractivity contribution is -0.120. The van der Waals surface area contributed by atoms with Crippen molar-refractivity contribution in [3.8, 4) is 5.88 Å². The molecule has 0 bridgehead atoms. The Kier molecular flexibility index (Phi) is 4.60. The summed E-state index contributed by atoms with van der Waals surface area (Å²) in [6.07, 6.45) is 3.03. The summed E-state index contributed by atoms with van der Waals surface area (Å²) in [6, 6.07) is 3.79. The van der Waals surface area contributed by atoms with Crippen LogP contribution in [0.4, 0.5) is 0 Å². The number of pyridine rings is 1. The van der Waals surface area contributed by atoms with Gasteiger partial charge in [-0.3, -0.25) is 4.79 Å². The summed E-state index contributed by atoms with van der Waals surface area (Å²) in [7, 11) is 1.59. The van der Waals surface area contributed by atoms with Gasteiger partial charge < -0.3 is 10.1 Å². The fourth-order valence-electron chi connectivity index (χ4n) is 1.19. The van der Waals surface area contributed by atoms with Crippen LogP contribution in [0.2, 0.25) is 0 Å². The number of amides is 1. The first-order chi connectivity index (χ1) is 7.26. The average molecular weight is 208 g/mol. The van der Waals surface area contributed by atoms with Crippen molar-refractivity contribution in [1.29, 1.82) is 0 Å². The van der Waals surface area contributed by atoms with Crippen LogP contribution in [-0.4, -0.2) is 24.5 Å². The van der Waals surface area contributed by atoms with Gasteiger partial charge in [-0.1, -0.05) is 6.92 Å². The summed E-state index contributed by atoms with van der Waals surface area (Å²) >= 11 is 0. The minimum absolute atomic E-state index is 0.0796. The number of nitrogens with zero attached hydrogens (tertiary/aromatic N) is 1. The van der Waals surface area contributed by atoms with E-state index in [2.05, 4.69) is 10.3 Å². The van der Waals surface area contributed by atoms with E-state index in [0.29, 0.717) is 18.8 Å². The molecule has 0 unspecified atom stereocenters. The van der Waals surface area contributed by atoms with Crippen molar-refractivity contribution in [1.82, 2.24) is 10.3 Å². The Hall–Kier alpha value is -1.58. The third-order valence-corrected chi connectivity index (χ3v) is 2.07. The molecule has 0 saturated heterocycles. The number of nitrogens with one attached hydrogen (secondary N) is 1. The second-order valence-corrected chi connectivity index (χ2v) is 3.16. The van der Waals surface area contributed by atoms with Crippen LogP contribution in [0.15, 0.2) is 18.3 Å². The first-order valence-electron chi connectivity index (χ1n) is 5.02. The maximum atomic E-state index is 11.0. The third-order valence-electron chi connectivity index (χ3n) is 2.07. The highest BCUT2D eigenvalue weighted by Gasteiger charge is 1.99. The topological polar surface area (TPSA) is 51.2 Å².